The summed E-state index contributed by atoms with van der Waals surface area (Å²) in [5, 5.41) is 3.08. The van der Waals surface area contributed by atoms with Crippen LogP contribution in [0.2, 0.25) is 0 Å². The molecule has 5 heteroatoms. The summed E-state index contributed by atoms with van der Waals surface area (Å²) in [7, 11) is 0. The number of nitrogens with zero attached hydrogens (tertiary/aromatic N) is 1. The fourth-order valence-corrected chi connectivity index (χ4v) is 5.68. The molecule has 0 radical (unpaired) electrons. The third-order valence-corrected chi connectivity index (χ3v) is 6.30. The third-order valence-electron chi connectivity index (χ3n) is 6.30. The van der Waals surface area contributed by atoms with E-state index in [2.05, 4.69) is 29.1 Å². The quantitative estimate of drug-likeness (QED) is 0.769. The lowest BCUT2D eigenvalue weighted by molar-refractivity contribution is -0.119. The highest BCUT2D eigenvalue weighted by Gasteiger charge is 2.41. The monoisotopic (exact) mass is 354 g/mol. The van der Waals surface area contributed by atoms with E-state index in [4.69, 9.17) is 5.73 Å². The van der Waals surface area contributed by atoms with Crippen LogP contribution in [0, 0.1) is 23.2 Å². The summed E-state index contributed by atoms with van der Waals surface area (Å²) in [5.41, 5.74) is 8.38. The molecule has 2 aliphatic carbocycles. The van der Waals surface area contributed by atoms with Crippen LogP contribution in [0.3, 0.4) is 0 Å². The van der Waals surface area contributed by atoms with E-state index in [1.807, 2.05) is 18.2 Å². The van der Waals surface area contributed by atoms with Crippen LogP contribution in [-0.2, 0) is 11.3 Å². The molecule has 2 bridgehead atoms. The van der Waals surface area contributed by atoms with Gasteiger partial charge in [0.1, 0.15) is 5.82 Å². The molecule has 140 valence electrons. The first kappa shape index (κ1) is 17.5. The molecule has 2 aliphatic rings. The largest absolute Gasteiger partial charge is 0.341 e. The molecule has 1 aromatic heterocycles. The molecule has 2 saturated carbocycles. The molecule has 4 N–H and O–H groups in total. The molecule has 26 heavy (non-hydrogen) atoms. The fraction of sp³-hybridized carbons (Fsp3) is 0.619. The Kier molecular flexibility index (Phi) is 4.51. The van der Waals surface area contributed by atoms with Crippen LogP contribution in [0.25, 0.3) is 11.0 Å². The van der Waals surface area contributed by atoms with E-state index >= 15 is 0 Å². The minimum atomic E-state index is 0.120. The van der Waals surface area contributed by atoms with Crippen LogP contribution >= 0.6 is 0 Å². The maximum Gasteiger partial charge on any atom is 0.224 e. The van der Waals surface area contributed by atoms with Crippen molar-refractivity contribution in [2.24, 2.45) is 28.9 Å². The average Bonchev–Trinajstić information content (AvgIpc) is 2.95. The molecule has 1 amide bonds. The zero-order chi connectivity index (χ0) is 18.3. The van der Waals surface area contributed by atoms with E-state index in [1.54, 1.807) is 0 Å². The zero-order valence-electron chi connectivity index (χ0n) is 15.8. The molecule has 0 aliphatic heterocycles. The third kappa shape index (κ3) is 3.63. The van der Waals surface area contributed by atoms with Crippen LogP contribution in [0.15, 0.2) is 18.2 Å². The van der Waals surface area contributed by atoms with Crippen molar-refractivity contribution in [1.29, 1.82) is 0 Å². The Hall–Kier alpha value is -1.88. The van der Waals surface area contributed by atoms with Gasteiger partial charge in [0.15, 0.2) is 0 Å². The SMILES string of the molecule is CC1CC2CC(C1)CC(C)(CC(=O)Nc1ccc3[nH]c(CN)nc3c1)C2. The number of hydrogen-bond acceptors (Lipinski definition) is 3. The van der Waals surface area contributed by atoms with Crippen molar-refractivity contribution in [1.82, 2.24) is 9.97 Å². The number of hydrogen-bond donors (Lipinski definition) is 3. The summed E-state index contributed by atoms with van der Waals surface area (Å²) in [4.78, 5) is 20.3. The molecular weight excluding hydrogens is 324 g/mol. The molecule has 2 atom stereocenters. The van der Waals surface area contributed by atoms with Gasteiger partial charge in [-0.05, 0) is 73.5 Å². The molecular formula is C21H30N4O. The van der Waals surface area contributed by atoms with Gasteiger partial charge < -0.3 is 16.0 Å². The van der Waals surface area contributed by atoms with Crippen molar-refractivity contribution in [2.75, 3.05) is 5.32 Å². The number of nitrogens with one attached hydrogen (secondary N) is 2. The predicted molar refractivity (Wildman–Crippen MR) is 105 cm³/mol. The molecule has 0 saturated heterocycles. The predicted octanol–water partition coefficient (Wildman–Crippen LogP) is 4.20. The summed E-state index contributed by atoms with van der Waals surface area (Å²) in [6, 6.07) is 5.80. The number of benzene rings is 1. The first-order valence-electron chi connectivity index (χ1n) is 9.91. The van der Waals surface area contributed by atoms with E-state index < -0.39 is 0 Å². The van der Waals surface area contributed by atoms with Gasteiger partial charge >= 0.3 is 0 Å². The van der Waals surface area contributed by atoms with E-state index in [-0.39, 0.29) is 11.3 Å². The standard InChI is InChI=1S/C21H30N4O/c1-13-5-14-7-15(6-13)10-21(2,9-14)11-20(26)23-16-3-4-17-18(8-16)25-19(12-22)24-17/h3-4,8,13-15H,5-7,9-12,22H2,1-2H3,(H,23,26)(H,24,25). The summed E-state index contributed by atoms with van der Waals surface area (Å²) in [6.07, 6.45) is 7.06. The number of aromatic nitrogens is 2. The van der Waals surface area contributed by atoms with Crippen molar-refractivity contribution in [3.63, 3.8) is 0 Å². The van der Waals surface area contributed by atoms with E-state index in [0.29, 0.717) is 13.0 Å². The number of H-pyrrole nitrogens is 1. The van der Waals surface area contributed by atoms with Gasteiger partial charge in [0.05, 0.1) is 17.6 Å². The summed E-state index contributed by atoms with van der Waals surface area (Å²) in [6.45, 7) is 5.08. The molecule has 2 fully saturated rings. The van der Waals surface area contributed by atoms with Crippen LogP contribution in [-0.4, -0.2) is 15.9 Å². The van der Waals surface area contributed by atoms with Crippen molar-refractivity contribution in [3.05, 3.63) is 24.0 Å². The number of carbonyl (C=O) groups is 1. The van der Waals surface area contributed by atoms with Gasteiger partial charge in [-0.1, -0.05) is 13.8 Å². The Morgan fingerprint density at radius 3 is 2.73 bits per heavy atom. The number of imidazole rings is 1. The lowest BCUT2D eigenvalue weighted by Crippen LogP contribution is -2.38. The average molecular weight is 354 g/mol. The number of anilines is 1. The van der Waals surface area contributed by atoms with Gasteiger partial charge in [0.2, 0.25) is 5.91 Å². The van der Waals surface area contributed by atoms with E-state index in [9.17, 15) is 4.79 Å². The van der Waals surface area contributed by atoms with Crippen molar-refractivity contribution in [2.45, 2.75) is 58.9 Å². The fourth-order valence-electron chi connectivity index (χ4n) is 5.68. The Balaban J connectivity index is 1.42. The van der Waals surface area contributed by atoms with Gasteiger partial charge in [-0.2, -0.15) is 0 Å². The summed E-state index contributed by atoms with van der Waals surface area (Å²) in [5.74, 6) is 3.36. The summed E-state index contributed by atoms with van der Waals surface area (Å²) >= 11 is 0. The highest BCUT2D eigenvalue weighted by atomic mass is 16.1. The maximum atomic E-state index is 12.7. The Morgan fingerprint density at radius 2 is 2.04 bits per heavy atom. The molecule has 2 aromatic rings. The van der Waals surface area contributed by atoms with Crippen LogP contribution in [0.5, 0.6) is 0 Å². The first-order valence-corrected chi connectivity index (χ1v) is 9.91. The Bertz CT molecular complexity index is 793. The highest BCUT2D eigenvalue weighted by Crippen LogP contribution is 2.51. The van der Waals surface area contributed by atoms with E-state index in [0.717, 1.165) is 40.3 Å². The van der Waals surface area contributed by atoms with Crippen LogP contribution in [0.4, 0.5) is 5.69 Å². The van der Waals surface area contributed by atoms with Gasteiger partial charge in [-0.15, -0.1) is 0 Å². The van der Waals surface area contributed by atoms with Crippen LogP contribution in [0.1, 0.15) is 58.2 Å². The van der Waals surface area contributed by atoms with Crippen molar-refractivity contribution >= 4 is 22.6 Å². The molecule has 4 rings (SSSR count). The highest BCUT2D eigenvalue weighted by molar-refractivity contribution is 5.93. The zero-order valence-corrected chi connectivity index (χ0v) is 15.8. The maximum absolute atomic E-state index is 12.7. The smallest absolute Gasteiger partial charge is 0.224 e. The second-order valence-electron chi connectivity index (χ2n) is 9.11. The molecule has 2 unspecified atom stereocenters. The number of amides is 1. The minimum Gasteiger partial charge on any atom is -0.341 e. The van der Waals surface area contributed by atoms with Crippen molar-refractivity contribution in [3.8, 4) is 0 Å². The summed E-state index contributed by atoms with van der Waals surface area (Å²) < 4.78 is 0. The van der Waals surface area contributed by atoms with Crippen LogP contribution < -0.4 is 11.1 Å². The Labute approximate surface area is 155 Å². The molecule has 0 spiro atoms. The number of aromatic amines is 1. The molecule has 1 aromatic carbocycles. The molecule has 1 heterocycles. The number of nitrogens with two attached hydrogens (primary N) is 1. The van der Waals surface area contributed by atoms with Gasteiger partial charge in [0, 0.05) is 12.1 Å². The second-order valence-corrected chi connectivity index (χ2v) is 9.11. The lowest BCUT2D eigenvalue weighted by atomic mass is 9.58. The van der Waals surface area contributed by atoms with Gasteiger partial charge in [-0.3, -0.25) is 4.79 Å². The van der Waals surface area contributed by atoms with Crippen molar-refractivity contribution < 1.29 is 4.79 Å². The normalized spacial score (nSPS) is 31.1. The minimum absolute atomic E-state index is 0.120. The Morgan fingerprint density at radius 1 is 1.31 bits per heavy atom. The number of carbonyl (C=O) groups excluding carboxylic acids is 1. The van der Waals surface area contributed by atoms with E-state index in [1.165, 1.54) is 32.1 Å². The van der Waals surface area contributed by atoms with Gasteiger partial charge in [0.25, 0.3) is 0 Å². The number of rotatable bonds is 4. The molecule has 5 nitrogen and oxygen atoms in total. The topological polar surface area (TPSA) is 83.8 Å². The first-order chi connectivity index (χ1) is 12.4. The lowest BCUT2D eigenvalue weighted by Gasteiger charge is -2.47. The van der Waals surface area contributed by atoms with Gasteiger partial charge in [-0.25, -0.2) is 4.98 Å². The number of fused-ring (bicyclic) bond motifs is 3. The second kappa shape index (κ2) is 6.69.